The number of nitrogens with zero attached hydrogens (tertiary/aromatic N) is 1. The fourth-order valence-electron chi connectivity index (χ4n) is 3.86. The Balaban J connectivity index is 2.21. The maximum atomic E-state index is 13.4. The topological polar surface area (TPSA) is 67.9 Å². The summed E-state index contributed by atoms with van der Waals surface area (Å²) in [6.07, 6.45) is 1.42. The van der Waals surface area contributed by atoms with Gasteiger partial charge in [0, 0.05) is 19.5 Å². The van der Waals surface area contributed by atoms with E-state index in [1.165, 1.54) is 0 Å². The van der Waals surface area contributed by atoms with Crippen LogP contribution in [-0.4, -0.2) is 42.5 Å². The SMILES string of the molecule is CCNC(=O)[C@H](CC)N(Cc1cccc(C)c1)C(=O)CCc1ccc(OCC)c(OCC)c1. The molecule has 0 aliphatic carbocycles. The molecule has 0 unspecified atom stereocenters. The largest absolute Gasteiger partial charge is 0.490 e. The van der Waals surface area contributed by atoms with Gasteiger partial charge in [0.2, 0.25) is 11.8 Å². The first kappa shape index (κ1) is 26.2. The molecule has 1 N–H and O–H groups in total. The molecule has 180 valence electrons. The lowest BCUT2D eigenvalue weighted by atomic mass is 10.0. The summed E-state index contributed by atoms with van der Waals surface area (Å²) >= 11 is 0. The summed E-state index contributed by atoms with van der Waals surface area (Å²) in [6.45, 7) is 11.8. The third-order valence-corrected chi connectivity index (χ3v) is 5.41. The Morgan fingerprint density at radius 1 is 0.939 bits per heavy atom. The molecule has 0 fully saturated rings. The molecule has 2 rings (SSSR count). The maximum absolute atomic E-state index is 13.4. The van der Waals surface area contributed by atoms with Crippen LogP contribution in [0.2, 0.25) is 0 Å². The van der Waals surface area contributed by atoms with E-state index in [9.17, 15) is 9.59 Å². The highest BCUT2D eigenvalue weighted by molar-refractivity contribution is 5.87. The molecule has 0 bridgehead atoms. The number of likely N-dealkylation sites (N-methyl/N-ethyl adjacent to an activating group) is 1. The maximum Gasteiger partial charge on any atom is 0.242 e. The average Bonchev–Trinajstić information content (AvgIpc) is 2.79. The van der Waals surface area contributed by atoms with E-state index in [0.717, 1.165) is 16.7 Å². The molecular weight excluding hydrogens is 416 g/mol. The quantitative estimate of drug-likeness (QED) is 0.478. The minimum atomic E-state index is -0.503. The predicted octanol–water partition coefficient (Wildman–Crippen LogP) is 4.67. The second-order valence-electron chi connectivity index (χ2n) is 7.98. The summed E-state index contributed by atoms with van der Waals surface area (Å²) < 4.78 is 11.4. The van der Waals surface area contributed by atoms with Gasteiger partial charge in [-0.25, -0.2) is 0 Å². The zero-order valence-corrected chi connectivity index (χ0v) is 20.6. The van der Waals surface area contributed by atoms with Crippen molar-refractivity contribution in [2.24, 2.45) is 0 Å². The van der Waals surface area contributed by atoms with Crippen LogP contribution in [0.15, 0.2) is 42.5 Å². The summed E-state index contributed by atoms with van der Waals surface area (Å²) in [5.74, 6) is 1.25. The van der Waals surface area contributed by atoms with Crippen LogP contribution in [0.1, 0.15) is 57.2 Å². The van der Waals surface area contributed by atoms with Crippen LogP contribution in [0.5, 0.6) is 11.5 Å². The first-order valence-electron chi connectivity index (χ1n) is 11.9. The van der Waals surface area contributed by atoms with Crippen LogP contribution in [0.3, 0.4) is 0 Å². The van der Waals surface area contributed by atoms with Crippen molar-refractivity contribution in [2.75, 3.05) is 19.8 Å². The fourth-order valence-corrected chi connectivity index (χ4v) is 3.86. The van der Waals surface area contributed by atoms with Crippen molar-refractivity contribution in [3.63, 3.8) is 0 Å². The lowest BCUT2D eigenvalue weighted by Gasteiger charge is -2.30. The number of nitrogens with one attached hydrogen (secondary N) is 1. The van der Waals surface area contributed by atoms with Gasteiger partial charge in [0.05, 0.1) is 13.2 Å². The van der Waals surface area contributed by atoms with E-state index in [-0.39, 0.29) is 11.8 Å². The summed E-state index contributed by atoms with van der Waals surface area (Å²) in [6, 6.07) is 13.4. The molecule has 0 heterocycles. The van der Waals surface area contributed by atoms with Gasteiger partial charge in [-0.3, -0.25) is 9.59 Å². The number of rotatable bonds is 13. The molecule has 1 atom stereocenters. The smallest absolute Gasteiger partial charge is 0.242 e. The van der Waals surface area contributed by atoms with E-state index in [4.69, 9.17) is 9.47 Å². The van der Waals surface area contributed by atoms with Gasteiger partial charge in [0.25, 0.3) is 0 Å². The second-order valence-corrected chi connectivity index (χ2v) is 7.98. The van der Waals surface area contributed by atoms with Crippen LogP contribution in [-0.2, 0) is 22.6 Å². The molecule has 0 aromatic heterocycles. The number of carbonyl (C=O) groups excluding carboxylic acids is 2. The van der Waals surface area contributed by atoms with Crippen LogP contribution < -0.4 is 14.8 Å². The van der Waals surface area contributed by atoms with Crippen molar-refractivity contribution < 1.29 is 19.1 Å². The second kappa shape index (κ2) is 13.5. The van der Waals surface area contributed by atoms with Gasteiger partial charge >= 0.3 is 0 Å². The summed E-state index contributed by atoms with van der Waals surface area (Å²) in [7, 11) is 0. The zero-order valence-electron chi connectivity index (χ0n) is 20.6. The van der Waals surface area contributed by atoms with E-state index < -0.39 is 6.04 Å². The van der Waals surface area contributed by atoms with Gasteiger partial charge in [-0.2, -0.15) is 0 Å². The normalized spacial score (nSPS) is 11.5. The number of hydrogen-bond acceptors (Lipinski definition) is 4. The van der Waals surface area contributed by atoms with Crippen molar-refractivity contribution in [3.8, 4) is 11.5 Å². The summed E-state index contributed by atoms with van der Waals surface area (Å²) in [5, 5.41) is 2.88. The Morgan fingerprint density at radius 2 is 1.67 bits per heavy atom. The van der Waals surface area contributed by atoms with Crippen molar-refractivity contribution in [1.29, 1.82) is 0 Å². The number of hydrogen-bond donors (Lipinski definition) is 1. The highest BCUT2D eigenvalue weighted by Crippen LogP contribution is 2.29. The van der Waals surface area contributed by atoms with Crippen molar-refractivity contribution in [1.82, 2.24) is 10.2 Å². The number of carbonyl (C=O) groups is 2. The molecule has 33 heavy (non-hydrogen) atoms. The summed E-state index contributed by atoms with van der Waals surface area (Å²) in [4.78, 5) is 27.8. The van der Waals surface area contributed by atoms with Crippen LogP contribution in [0, 0.1) is 6.92 Å². The van der Waals surface area contributed by atoms with Gasteiger partial charge in [-0.15, -0.1) is 0 Å². The van der Waals surface area contributed by atoms with Gasteiger partial charge in [0.15, 0.2) is 11.5 Å². The van der Waals surface area contributed by atoms with Crippen molar-refractivity contribution in [2.45, 2.75) is 66.5 Å². The van der Waals surface area contributed by atoms with Crippen molar-refractivity contribution in [3.05, 3.63) is 59.2 Å². The lowest BCUT2D eigenvalue weighted by molar-refractivity contribution is -0.141. The zero-order chi connectivity index (χ0) is 24.2. The van der Waals surface area contributed by atoms with Gasteiger partial charge in [-0.1, -0.05) is 42.8 Å². The number of benzene rings is 2. The minimum Gasteiger partial charge on any atom is -0.490 e. The van der Waals surface area contributed by atoms with E-state index in [0.29, 0.717) is 57.1 Å². The first-order chi connectivity index (χ1) is 15.9. The molecule has 2 amide bonds. The Labute approximate surface area is 198 Å². The number of amides is 2. The first-order valence-corrected chi connectivity index (χ1v) is 11.9. The molecular formula is C27H38N2O4. The van der Waals surface area contributed by atoms with E-state index in [1.807, 2.05) is 71.0 Å². The Bertz CT molecular complexity index is 913. The molecule has 0 saturated carbocycles. The van der Waals surface area contributed by atoms with Crippen LogP contribution in [0.4, 0.5) is 0 Å². The molecule has 0 spiro atoms. The monoisotopic (exact) mass is 454 g/mol. The standard InChI is InChI=1S/C27H38N2O4/c1-6-23(27(31)28-7-2)29(19-22-12-10-11-20(5)17-22)26(30)16-14-21-13-15-24(32-8-3)25(18-21)33-9-4/h10-13,15,17-18,23H,6-9,14,16,19H2,1-5H3,(H,28,31)/t23-/m0/s1. The molecule has 0 saturated heterocycles. The molecule has 0 radical (unpaired) electrons. The number of aryl methyl sites for hydroxylation is 2. The molecule has 2 aromatic rings. The van der Waals surface area contributed by atoms with Crippen LogP contribution in [0.25, 0.3) is 0 Å². The predicted molar refractivity (Wildman–Crippen MR) is 132 cm³/mol. The minimum absolute atomic E-state index is 0.0403. The lowest BCUT2D eigenvalue weighted by Crippen LogP contribution is -2.49. The molecule has 6 nitrogen and oxygen atoms in total. The van der Waals surface area contributed by atoms with Gasteiger partial charge < -0.3 is 19.7 Å². The van der Waals surface area contributed by atoms with E-state index in [2.05, 4.69) is 11.4 Å². The molecule has 6 heteroatoms. The van der Waals surface area contributed by atoms with Crippen molar-refractivity contribution >= 4 is 11.8 Å². The van der Waals surface area contributed by atoms with Gasteiger partial charge in [-0.05, 0) is 63.8 Å². The van der Waals surface area contributed by atoms with Crippen LogP contribution >= 0.6 is 0 Å². The van der Waals surface area contributed by atoms with Gasteiger partial charge in [0.1, 0.15) is 6.04 Å². The third-order valence-electron chi connectivity index (χ3n) is 5.41. The summed E-state index contributed by atoms with van der Waals surface area (Å²) in [5.41, 5.74) is 3.14. The molecule has 2 aromatic carbocycles. The Morgan fingerprint density at radius 3 is 2.30 bits per heavy atom. The number of ether oxygens (including phenoxy) is 2. The highest BCUT2D eigenvalue weighted by Gasteiger charge is 2.28. The average molecular weight is 455 g/mol. The third kappa shape index (κ3) is 7.81. The molecule has 0 aliphatic heterocycles. The fraction of sp³-hybridized carbons (Fsp3) is 0.481. The van der Waals surface area contributed by atoms with E-state index >= 15 is 0 Å². The Kier molecular flexibility index (Phi) is 10.7. The Hall–Kier alpha value is -3.02. The highest BCUT2D eigenvalue weighted by atomic mass is 16.5. The molecule has 0 aliphatic rings. The van der Waals surface area contributed by atoms with E-state index in [1.54, 1.807) is 4.90 Å².